The normalized spacial score (nSPS) is 18.3. The monoisotopic (exact) mass is 310 g/mol. The maximum atomic E-state index is 11.8. The van der Waals surface area contributed by atoms with E-state index in [9.17, 15) is 14.4 Å². The molecule has 0 spiro atoms. The molecule has 3 amide bonds. The number of carbonyl (C=O) groups is 3. The van der Waals surface area contributed by atoms with E-state index in [0.29, 0.717) is 18.0 Å². The van der Waals surface area contributed by atoms with E-state index in [2.05, 4.69) is 15.6 Å². The quantitative estimate of drug-likeness (QED) is 0.774. The molecular formula is C13H15ClN4O3. The van der Waals surface area contributed by atoms with Crippen LogP contribution in [-0.2, 0) is 14.4 Å². The van der Waals surface area contributed by atoms with E-state index in [1.165, 1.54) is 12.3 Å². The van der Waals surface area contributed by atoms with Crippen molar-refractivity contribution in [3.63, 3.8) is 0 Å². The topological polar surface area (TPSA) is 91.4 Å². The average molecular weight is 311 g/mol. The number of amides is 3. The van der Waals surface area contributed by atoms with Crippen molar-refractivity contribution in [2.24, 2.45) is 0 Å². The zero-order valence-electron chi connectivity index (χ0n) is 11.4. The Kier molecular flexibility index (Phi) is 4.74. The number of aromatic nitrogens is 1. The molecule has 1 aromatic rings. The highest BCUT2D eigenvalue weighted by Gasteiger charge is 2.26. The van der Waals surface area contributed by atoms with Gasteiger partial charge in [-0.05, 0) is 18.6 Å². The van der Waals surface area contributed by atoms with Gasteiger partial charge in [0.2, 0.25) is 5.91 Å². The van der Waals surface area contributed by atoms with E-state index < -0.39 is 11.8 Å². The number of hydrogen-bond donors (Lipinski definition) is 2. The Morgan fingerprint density at radius 2 is 2.14 bits per heavy atom. The van der Waals surface area contributed by atoms with Crippen molar-refractivity contribution >= 4 is 35.1 Å². The molecular weight excluding hydrogens is 296 g/mol. The first-order valence-corrected chi connectivity index (χ1v) is 6.81. The van der Waals surface area contributed by atoms with Crippen LogP contribution in [0.1, 0.15) is 12.8 Å². The molecule has 0 aliphatic carbocycles. The lowest BCUT2D eigenvalue weighted by atomic mass is 10.0. The number of nitrogens with zero attached hydrogens (tertiary/aromatic N) is 2. The lowest BCUT2D eigenvalue weighted by Gasteiger charge is -2.28. The molecule has 1 atom stereocenters. The van der Waals surface area contributed by atoms with Gasteiger partial charge in [-0.3, -0.25) is 14.4 Å². The second-order valence-electron chi connectivity index (χ2n) is 4.79. The Balaban J connectivity index is 1.86. The molecule has 1 fully saturated rings. The number of carbonyl (C=O) groups excluding carboxylic acids is 3. The predicted molar refractivity (Wildman–Crippen MR) is 76.7 cm³/mol. The second-order valence-corrected chi connectivity index (χ2v) is 5.23. The third-order valence-corrected chi connectivity index (χ3v) is 3.39. The summed E-state index contributed by atoms with van der Waals surface area (Å²) in [5.41, 5.74) is 0. The lowest BCUT2D eigenvalue weighted by Crippen LogP contribution is -2.48. The maximum absolute atomic E-state index is 11.8. The molecule has 8 heteroatoms. The second kappa shape index (κ2) is 6.53. The van der Waals surface area contributed by atoms with Crippen LogP contribution >= 0.6 is 11.6 Å². The van der Waals surface area contributed by atoms with E-state index in [1.54, 1.807) is 18.0 Å². The van der Waals surface area contributed by atoms with E-state index in [4.69, 9.17) is 11.6 Å². The van der Waals surface area contributed by atoms with Crippen molar-refractivity contribution in [3.8, 4) is 0 Å². The smallest absolute Gasteiger partial charge is 0.314 e. The van der Waals surface area contributed by atoms with Crippen LogP contribution in [0.2, 0.25) is 5.02 Å². The number of pyridine rings is 1. The summed E-state index contributed by atoms with van der Waals surface area (Å²) in [7, 11) is 1.71. The molecule has 21 heavy (non-hydrogen) atoms. The minimum atomic E-state index is -0.823. The third-order valence-electron chi connectivity index (χ3n) is 3.17. The number of rotatable bonds is 2. The van der Waals surface area contributed by atoms with Crippen LogP contribution in [0.25, 0.3) is 0 Å². The minimum Gasteiger partial charge on any atom is -0.346 e. The third kappa shape index (κ3) is 4.16. The molecule has 1 aliphatic rings. The van der Waals surface area contributed by atoms with Gasteiger partial charge < -0.3 is 15.5 Å². The van der Waals surface area contributed by atoms with Crippen LogP contribution < -0.4 is 10.6 Å². The maximum Gasteiger partial charge on any atom is 0.314 e. The van der Waals surface area contributed by atoms with E-state index in [-0.39, 0.29) is 24.2 Å². The van der Waals surface area contributed by atoms with Crippen molar-refractivity contribution in [2.75, 3.05) is 18.9 Å². The predicted octanol–water partition coefficient (Wildman–Crippen LogP) is 0.410. The Hall–Kier alpha value is -2.15. The highest BCUT2D eigenvalue weighted by molar-refractivity contribution is 6.39. The van der Waals surface area contributed by atoms with Gasteiger partial charge in [0.25, 0.3) is 0 Å². The van der Waals surface area contributed by atoms with Gasteiger partial charge in [0.1, 0.15) is 5.82 Å². The molecule has 1 saturated heterocycles. The molecule has 7 nitrogen and oxygen atoms in total. The molecule has 0 radical (unpaired) electrons. The van der Waals surface area contributed by atoms with Gasteiger partial charge in [-0.25, -0.2) is 4.98 Å². The summed E-state index contributed by atoms with van der Waals surface area (Å²) in [6.07, 6.45) is 2.19. The first-order valence-electron chi connectivity index (χ1n) is 6.43. The van der Waals surface area contributed by atoms with Crippen LogP contribution in [0.15, 0.2) is 18.3 Å². The largest absolute Gasteiger partial charge is 0.346 e. The summed E-state index contributed by atoms with van der Waals surface area (Å²) in [6, 6.07) is 2.73. The number of nitrogens with one attached hydrogen (secondary N) is 2. The van der Waals surface area contributed by atoms with Crippen molar-refractivity contribution in [1.82, 2.24) is 15.2 Å². The Labute approximate surface area is 126 Å². The van der Waals surface area contributed by atoms with Gasteiger partial charge in [-0.2, -0.15) is 0 Å². The van der Waals surface area contributed by atoms with Crippen LogP contribution in [-0.4, -0.2) is 47.2 Å². The van der Waals surface area contributed by atoms with Gasteiger partial charge in [0.05, 0.1) is 5.02 Å². The summed E-state index contributed by atoms with van der Waals surface area (Å²) < 4.78 is 0. The Bertz CT molecular complexity index is 561. The fraction of sp³-hybridized carbons (Fsp3) is 0.385. The van der Waals surface area contributed by atoms with Gasteiger partial charge in [0, 0.05) is 32.3 Å². The van der Waals surface area contributed by atoms with Crippen molar-refractivity contribution in [1.29, 1.82) is 0 Å². The van der Waals surface area contributed by atoms with Crippen molar-refractivity contribution in [3.05, 3.63) is 23.4 Å². The van der Waals surface area contributed by atoms with E-state index in [0.717, 1.165) is 0 Å². The number of halogens is 1. The highest BCUT2D eigenvalue weighted by Crippen LogP contribution is 2.11. The zero-order chi connectivity index (χ0) is 15.4. The standard InChI is InChI=1S/C13H15ClN4O3/c1-18-5-4-9(6-11(18)19)16-12(20)13(21)17-10-3-2-8(14)7-15-10/h2-3,7,9H,4-6H2,1H3,(H,16,20)(H,15,17,21)/t9-/m0/s1. The highest BCUT2D eigenvalue weighted by atomic mass is 35.5. The summed E-state index contributed by atoms with van der Waals surface area (Å²) in [6.45, 7) is 0.560. The fourth-order valence-electron chi connectivity index (χ4n) is 1.94. The molecule has 0 unspecified atom stereocenters. The molecule has 1 aliphatic heterocycles. The first-order chi connectivity index (χ1) is 9.95. The van der Waals surface area contributed by atoms with Crippen LogP contribution in [0.5, 0.6) is 0 Å². The molecule has 0 saturated carbocycles. The fourth-order valence-corrected chi connectivity index (χ4v) is 2.05. The molecule has 1 aromatic heterocycles. The summed E-state index contributed by atoms with van der Waals surface area (Å²) in [4.78, 5) is 40.5. The minimum absolute atomic E-state index is 0.0497. The number of hydrogen-bond acceptors (Lipinski definition) is 4. The first kappa shape index (κ1) is 15.2. The summed E-state index contributed by atoms with van der Waals surface area (Å²) >= 11 is 5.67. The van der Waals surface area contributed by atoms with Gasteiger partial charge >= 0.3 is 11.8 Å². The van der Waals surface area contributed by atoms with Gasteiger partial charge in [-0.15, -0.1) is 0 Å². The van der Waals surface area contributed by atoms with E-state index in [1.807, 2.05) is 0 Å². The Morgan fingerprint density at radius 3 is 2.76 bits per heavy atom. The molecule has 0 bridgehead atoms. The van der Waals surface area contributed by atoms with E-state index >= 15 is 0 Å². The van der Waals surface area contributed by atoms with Crippen LogP contribution in [0.4, 0.5) is 5.82 Å². The van der Waals surface area contributed by atoms with Gasteiger partial charge in [-0.1, -0.05) is 11.6 Å². The summed E-state index contributed by atoms with van der Waals surface area (Å²) in [5.74, 6) is -1.42. The zero-order valence-corrected chi connectivity index (χ0v) is 12.2. The SMILES string of the molecule is CN1CC[C@H](NC(=O)C(=O)Nc2ccc(Cl)cn2)CC1=O. The number of anilines is 1. The molecule has 2 N–H and O–H groups in total. The molecule has 112 valence electrons. The van der Waals surface area contributed by atoms with Crippen molar-refractivity contribution < 1.29 is 14.4 Å². The van der Waals surface area contributed by atoms with Crippen LogP contribution in [0.3, 0.4) is 0 Å². The Morgan fingerprint density at radius 1 is 1.38 bits per heavy atom. The molecule has 2 heterocycles. The molecule has 2 rings (SSSR count). The van der Waals surface area contributed by atoms with Gasteiger partial charge in [0.15, 0.2) is 0 Å². The lowest BCUT2D eigenvalue weighted by molar-refractivity contribution is -0.138. The van der Waals surface area contributed by atoms with Crippen molar-refractivity contribution in [2.45, 2.75) is 18.9 Å². The average Bonchev–Trinajstić information content (AvgIpc) is 2.45. The number of piperidine rings is 1. The number of likely N-dealkylation sites (tertiary alicyclic amines) is 1. The van der Waals surface area contributed by atoms with Crippen LogP contribution in [0, 0.1) is 0 Å². The summed E-state index contributed by atoms with van der Waals surface area (Å²) in [5, 5.41) is 5.34. The molecule has 0 aromatic carbocycles.